The van der Waals surface area contributed by atoms with Crippen molar-refractivity contribution >= 4 is 17.6 Å². The summed E-state index contributed by atoms with van der Waals surface area (Å²) in [6, 6.07) is 10.4. The zero-order valence-corrected chi connectivity index (χ0v) is 19.3. The summed E-state index contributed by atoms with van der Waals surface area (Å²) in [7, 11) is 1.60. The van der Waals surface area contributed by atoms with Crippen LogP contribution < -0.4 is 10.6 Å². The minimum atomic E-state index is -0.995. The number of hydrogen-bond donors (Lipinski definition) is 3. The Balaban J connectivity index is 1.79. The van der Waals surface area contributed by atoms with Crippen molar-refractivity contribution in [2.24, 2.45) is 5.92 Å². The lowest BCUT2D eigenvalue weighted by Gasteiger charge is -2.23. The van der Waals surface area contributed by atoms with E-state index >= 15 is 0 Å². The van der Waals surface area contributed by atoms with Crippen molar-refractivity contribution < 1.29 is 23.8 Å². The summed E-state index contributed by atoms with van der Waals surface area (Å²) in [5.41, 5.74) is 2.42. The van der Waals surface area contributed by atoms with Gasteiger partial charge in [0.2, 0.25) is 0 Å². The number of rotatable bonds is 8. The monoisotopic (exact) mass is 457 g/mol. The van der Waals surface area contributed by atoms with Crippen LogP contribution in [0.4, 0.5) is 14.9 Å². The van der Waals surface area contributed by atoms with Gasteiger partial charge >= 0.3 is 6.03 Å². The molecule has 0 spiro atoms. The zero-order chi connectivity index (χ0) is 24.0. The van der Waals surface area contributed by atoms with Crippen LogP contribution in [0, 0.1) is 11.7 Å². The van der Waals surface area contributed by atoms with Crippen LogP contribution in [0.25, 0.3) is 0 Å². The molecule has 33 heavy (non-hydrogen) atoms. The number of nitrogens with zero attached hydrogens (tertiary/aromatic N) is 1. The minimum absolute atomic E-state index is 0.218. The summed E-state index contributed by atoms with van der Waals surface area (Å²) in [4.78, 5) is 27.4. The Morgan fingerprint density at radius 3 is 2.52 bits per heavy atom. The molecule has 2 atom stereocenters. The molecule has 3 amide bonds. The van der Waals surface area contributed by atoms with Crippen LogP contribution in [0.3, 0.4) is 0 Å². The molecule has 0 saturated carbocycles. The maximum atomic E-state index is 14.5. The topological polar surface area (TPSA) is 90.9 Å². The Kier molecular flexibility index (Phi) is 8.41. The van der Waals surface area contributed by atoms with Gasteiger partial charge in [0, 0.05) is 25.9 Å². The molecule has 1 saturated heterocycles. The fraction of sp³-hybridized carbons (Fsp3) is 0.440. The van der Waals surface area contributed by atoms with Gasteiger partial charge in [0.25, 0.3) is 5.91 Å². The molecule has 0 radical (unpaired) electrons. The predicted octanol–water partition coefficient (Wildman–Crippen LogP) is 3.63. The highest BCUT2D eigenvalue weighted by atomic mass is 19.1. The van der Waals surface area contributed by atoms with Gasteiger partial charge in [0.15, 0.2) is 0 Å². The number of anilines is 1. The lowest BCUT2D eigenvalue weighted by atomic mass is 10.0. The van der Waals surface area contributed by atoms with Crippen LogP contribution >= 0.6 is 0 Å². The highest BCUT2D eigenvalue weighted by Crippen LogP contribution is 2.22. The molecule has 1 aliphatic heterocycles. The number of aliphatic hydroxyl groups excluding tert-OH is 1. The number of halogens is 1. The van der Waals surface area contributed by atoms with Crippen LogP contribution in [0.2, 0.25) is 0 Å². The second-order valence-corrected chi connectivity index (χ2v) is 8.84. The lowest BCUT2D eigenvalue weighted by Crippen LogP contribution is -2.44. The summed E-state index contributed by atoms with van der Waals surface area (Å²) in [6.07, 6.45) is 0.537. The van der Waals surface area contributed by atoms with Crippen molar-refractivity contribution in [2.45, 2.75) is 45.4 Å². The molecular weight excluding hydrogens is 425 g/mol. The molecule has 1 unspecified atom stereocenters. The van der Waals surface area contributed by atoms with Gasteiger partial charge in [-0.15, -0.1) is 0 Å². The number of ether oxygens (including phenoxy) is 1. The molecule has 178 valence electrons. The number of carbonyl (C=O) groups is 2. The number of hydrogen-bond acceptors (Lipinski definition) is 4. The smallest absolute Gasteiger partial charge is 0.318 e. The van der Waals surface area contributed by atoms with E-state index in [4.69, 9.17) is 4.74 Å². The number of benzene rings is 2. The number of nitrogens with one attached hydrogen (secondary N) is 2. The third-order valence-electron chi connectivity index (χ3n) is 5.55. The second-order valence-electron chi connectivity index (χ2n) is 8.84. The van der Waals surface area contributed by atoms with E-state index in [1.54, 1.807) is 31.4 Å². The Bertz CT molecular complexity index is 965. The minimum Gasteiger partial charge on any atom is -0.391 e. The molecule has 7 nitrogen and oxygen atoms in total. The fourth-order valence-corrected chi connectivity index (χ4v) is 3.86. The quantitative estimate of drug-likeness (QED) is 0.565. The lowest BCUT2D eigenvalue weighted by molar-refractivity contribution is -0.118. The summed E-state index contributed by atoms with van der Waals surface area (Å²) in [5.74, 6) is -0.555. The van der Waals surface area contributed by atoms with Gasteiger partial charge in [0.1, 0.15) is 11.9 Å². The van der Waals surface area contributed by atoms with Gasteiger partial charge < -0.3 is 25.4 Å². The van der Waals surface area contributed by atoms with E-state index in [0.29, 0.717) is 48.7 Å². The molecule has 0 aromatic heterocycles. The highest BCUT2D eigenvalue weighted by molar-refractivity contribution is 5.97. The van der Waals surface area contributed by atoms with E-state index < -0.39 is 24.1 Å². The maximum Gasteiger partial charge on any atom is 0.318 e. The third-order valence-corrected chi connectivity index (χ3v) is 5.55. The first kappa shape index (κ1) is 24.7. The molecule has 1 fully saturated rings. The van der Waals surface area contributed by atoms with E-state index in [0.717, 1.165) is 5.56 Å². The molecule has 0 aliphatic carbocycles. The van der Waals surface area contributed by atoms with Crippen LogP contribution in [-0.2, 0) is 22.6 Å². The number of amides is 3. The molecule has 3 rings (SSSR count). The first-order valence-electron chi connectivity index (χ1n) is 11.2. The number of likely N-dealkylation sites (tertiary alicyclic amines) is 1. The van der Waals surface area contributed by atoms with Gasteiger partial charge in [-0.2, -0.15) is 0 Å². The van der Waals surface area contributed by atoms with Crippen LogP contribution in [0.15, 0.2) is 42.5 Å². The number of aliphatic hydroxyl groups is 1. The van der Waals surface area contributed by atoms with Crippen molar-refractivity contribution in [3.63, 3.8) is 0 Å². The summed E-state index contributed by atoms with van der Waals surface area (Å²) in [5, 5.41) is 15.2. The molecule has 1 heterocycles. The Labute approximate surface area is 193 Å². The fourth-order valence-electron chi connectivity index (χ4n) is 3.86. The summed E-state index contributed by atoms with van der Waals surface area (Å²) in [6.45, 7) is 5.09. The zero-order valence-electron chi connectivity index (χ0n) is 19.3. The van der Waals surface area contributed by atoms with E-state index in [-0.39, 0.29) is 12.4 Å². The van der Waals surface area contributed by atoms with E-state index in [1.807, 2.05) is 26.0 Å². The average molecular weight is 458 g/mol. The van der Waals surface area contributed by atoms with E-state index in [2.05, 4.69) is 10.6 Å². The Morgan fingerprint density at radius 2 is 1.94 bits per heavy atom. The molecule has 8 heteroatoms. The Morgan fingerprint density at radius 1 is 1.21 bits per heavy atom. The molecule has 0 bridgehead atoms. The van der Waals surface area contributed by atoms with Gasteiger partial charge in [0.05, 0.1) is 12.7 Å². The third kappa shape index (κ3) is 6.76. The number of methoxy groups -OCH3 is 1. The standard InChI is InChI=1S/C25H32FN3O4/c1-16(2)12-19-8-9-20(13-22(19)26)27-24(31)23(18-6-4-17(5-7-18)15-33-3)28-25(32)29-11-10-21(30)14-29/h4-9,13,16,21,23,30H,10-12,14-15H2,1-3H3,(H,27,31)(H,28,32)/t21?,23-/m1/s1. The molecular formula is C25H32FN3O4. The highest BCUT2D eigenvalue weighted by Gasteiger charge is 2.29. The first-order chi connectivity index (χ1) is 15.8. The van der Waals surface area contributed by atoms with Crippen LogP contribution in [0.5, 0.6) is 0 Å². The van der Waals surface area contributed by atoms with E-state index in [1.165, 1.54) is 11.0 Å². The van der Waals surface area contributed by atoms with Gasteiger partial charge in [-0.3, -0.25) is 4.79 Å². The van der Waals surface area contributed by atoms with Gasteiger partial charge in [-0.1, -0.05) is 44.2 Å². The molecule has 1 aliphatic rings. The largest absolute Gasteiger partial charge is 0.391 e. The van der Waals surface area contributed by atoms with E-state index in [9.17, 15) is 19.1 Å². The number of carbonyl (C=O) groups excluding carboxylic acids is 2. The Hall–Kier alpha value is -2.97. The average Bonchev–Trinajstić information content (AvgIpc) is 3.21. The SMILES string of the molecule is COCc1ccc([C@@H](NC(=O)N2CCC(O)C2)C(=O)Nc2ccc(CC(C)C)c(F)c2)cc1. The number of urea groups is 1. The van der Waals surface area contributed by atoms with Crippen molar-refractivity contribution in [1.29, 1.82) is 0 Å². The van der Waals surface area contributed by atoms with Crippen molar-refractivity contribution in [1.82, 2.24) is 10.2 Å². The van der Waals surface area contributed by atoms with Crippen molar-refractivity contribution in [3.8, 4) is 0 Å². The normalized spacial score (nSPS) is 16.7. The van der Waals surface area contributed by atoms with Crippen molar-refractivity contribution in [2.75, 3.05) is 25.5 Å². The molecule has 2 aromatic carbocycles. The van der Waals surface area contributed by atoms with Gasteiger partial charge in [-0.05, 0) is 47.6 Å². The second kappa shape index (κ2) is 11.2. The van der Waals surface area contributed by atoms with Crippen LogP contribution in [-0.4, -0.2) is 48.2 Å². The molecule has 2 aromatic rings. The first-order valence-corrected chi connectivity index (χ1v) is 11.2. The number of β-amino-alcohol motifs (C(OH)–C–C–N with tert-alkyl or cyclic N) is 1. The molecule has 3 N–H and O–H groups in total. The van der Waals surface area contributed by atoms with Crippen molar-refractivity contribution in [3.05, 3.63) is 65.0 Å². The summed E-state index contributed by atoms with van der Waals surface area (Å²) >= 11 is 0. The van der Waals surface area contributed by atoms with Gasteiger partial charge in [-0.25, -0.2) is 9.18 Å². The van der Waals surface area contributed by atoms with Crippen LogP contribution in [0.1, 0.15) is 43.0 Å². The summed E-state index contributed by atoms with van der Waals surface area (Å²) < 4.78 is 19.6. The maximum absolute atomic E-state index is 14.5. The predicted molar refractivity (Wildman–Crippen MR) is 124 cm³/mol.